The van der Waals surface area contributed by atoms with Crippen LogP contribution < -0.4 is 5.32 Å². The van der Waals surface area contributed by atoms with Crippen LogP contribution in [-0.4, -0.2) is 12.6 Å². The predicted molar refractivity (Wildman–Crippen MR) is 56.1 cm³/mol. The molecule has 0 unspecified atom stereocenters. The molecule has 0 saturated heterocycles. The summed E-state index contributed by atoms with van der Waals surface area (Å²) in [6.45, 7) is 14.6. The number of rotatable bonds is 2. The Bertz CT molecular complexity index is 42.8. The van der Waals surface area contributed by atoms with Crippen molar-refractivity contribution in [3.63, 3.8) is 0 Å². The van der Waals surface area contributed by atoms with E-state index in [1.165, 1.54) is 6.42 Å². The molecule has 0 fully saturated rings. The number of hydrogen-bond donors (Lipinski definition) is 1. The van der Waals surface area contributed by atoms with Gasteiger partial charge in [0.25, 0.3) is 0 Å². The highest BCUT2D eigenvalue weighted by Crippen LogP contribution is 2.03. The summed E-state index contributed by atoms with van der Waals surface area (Å²) in [6, 6.07) is 0. The Morgan fingerprint density at radius 3 is 1.27 bits per heavy atom. The second-order valence-electron chi connectivity index (χ2n) is 2.49. The molecule has 0 aliphatic heterocycles. The number of hydrogen-bond acceptors (Lipinski definition) is 1. The molecule has 0 aromatic carbocycles. The molecule has 0 amide bonds. The molecule has 0 bridgehead atoms. The Balaban J connectivity index is -0.000000138. The van der Waals surface area contributed by atoms with E-state index < -0.39 is 0 Å². The van der Waals surface area contributed by atoms with Gasteiger partial charge in [-0.1, -0.05) is 34.6 Å². The van der Waals surface area contributed by atoms with E-state index in [9.17, 15) is 0 Å². The van der Waals surface area contributed by atoms with Crippen LogP contribution >= 0.6 is 0 Å². The second-order valence-corrected chi connectivity index (χ2v) is 2.49. The molecule has 0 aromatic heterocycles. The van der Waals surface area contributed by atoms with Crippen LogP contribution in [0.1, 0.15) is 54.9 Å². The topological polar surface area (TPSA) is 12.0 Å². The fourth-order valence-electron chi connectivity index (χ4n) is 0.177. The van der Waals surface area contributed by atoms with Crippen molar-refractivity contribution in [1.82, 2.24) is 5.32 Å². The van der Waals surface area contributed by atoms with Gasteiger partial charge < -0.3 is 5.32 Å². The quantitative estimate of drug-likeness (QED) is 0.654. The van der Waals surface area contributed by atoms with Crippen molar-refractivity contribution < 1.29 is 0 Å². The molecule has 1 N–H and O–H groups in total. The van der Waals surface area contributed by atoms with Crippen molar-refractivity contribution in [2.75, 3.05) is 7.05 Å². The highest BCUT2D eigenvalue weighted by atomic mass is 14.9. The molecule has 11 heavy (non-hydrogen) atoms. The Hall–Kier alpha value is -0.0400. The van der Waals surface area contributed by atoms with Crippen molar-refractivity contribution >= 4 is 0 Å². The molecule has 0 saturated carbocycles. The zero-order valence-electron chi connectivity index (χ0n) is 9.71. The maximum atomic E-state index is 3.19. The lowest BCUT2D eigenvalue weighted by Gasteiger charge is -2.20. The Morgan fingerprint density at radius 2 is 1.27 bits per heavy atom. The first-order valence-electron chi connectivity index (χ1n) is 4.81. The first-order chi connectivity index (χ1) is 5.12. The van der Waals surface area contributed by atoms with Crippen LogP contribution in [0.2, 0.25) is 0 Å². The van der Waals surface area contributed by atoms with Crippen molar-refractivity contribution in [2.24, 2.45) is 0 Å². The fourth-order valence-corrected chi connectivity index (χ4v) is 0.177. The average molecular weight is 161 g/mol. The molecule has 0 aliphatic rings. The maximum absolute atomic E-state index is 3.19. The van der Waals surface area contributed by atoms with Gasteiger partial charge in [0.2, 0.25) is 0 Å². The summed E-state index contributed by atoms with van der Waals surface area (Å²) in [7, 11) is 1.99. The summed E-state index contributed by atoms with van der Waals surface area (Å²) in [5, 5.41) is 3.19. The van der Waals surface area contributed by atoms with Crippen LogP contribution in [0.3, 0.4) is 0 Å². The van der Waals surface area contributed by atoms with E-state index in [4.69, 9.17) is 0 Å². The highest BCUT2D eigenvalue weighted by molar-refractivity contribution is 4.71. The summed E-state index contributed by atoms with van der Waals surface area (Å²) < 4.78 is 0. The summed E-state index contributed by atoms with van der Waals surface area (Å²) in [6.07, 6.45) is 1.18. The van der Waals surface area contributed by atoms with Crippen molar-refractivity contribution in [2.45, 2.75) is 60.4 Å². The minimum atomic E-state index is 0.333. The predicted octanol–water partition coefficient (Wildman–Crippen LogP) is 3.45. The molecule has 1 nitrogen and oxygen atoms in total. The zero-order chi connectivity index (χ0) is 9.91. The van der Waals surface area contributed by atoms with Gasteiger partial charge >= 0.3 is 0 Å². The molecule has 0 aromatic rings. The smallest absolute Gasteiger partial charge is 0.0119 e. The molecule has 0 radical (unpaired) electrons. The molecule has 0 heterocycles. The van der Waals surface area contributed by atoms with Crippen LogP contribution in [0.5, 0.6) is 0 Å². The van der Waals surface area contributed by atoms with Gasteiger partial charge in [-0.05, 0) is 27.3 Å². The lowest BCUT2D eigenvalue weighted by Crippen LogP contribution is -2.34. The second kappa shape index (κ2) is 12.6. The molecule has 0 aliphatic carbocycles. The van der Waals surface area contributed by atoms with Gasteiger partial charge in [0.1, 0.15) is 0 Å². The molecule has 72 valence electrons. The first kappa shape index (κ1) is 17.2. The maximum Gasteiger partial charge on any atom is 0.0119 e. The monoisotopic (exact) mass is 161 g/mol. The van der Waals surface area contributed by atoms with Crippen LogP contribution in [0.25, 0.3) is 0 Å². The Morgan fingerprint density at radius 1 is 1.00 bits per heavy atom. The third-order valence-corrected chi connectivity index (χ3v) is 1.56. The minimum Gasteiger partial charge on any atom is -0.315 e. The average Bonchev–Trinajstić information content (AvgIpc) is 2.12. The van der Waals surface area contributed by atoms with Crippen LogP contribution in [0, 0.1) is 0 Å². The zero-order valence-corrected chi connectivity index (χ0v) is 9.71. The normalized spacial score (nSPS) is 8.73. The molecular weight excluding hydrogens is 134 g/mol. The summed E-state index contributed by atoms with van der Waals surface area (Å²) in [5.41, 5.74) is 0.333. The molecule has 1 heteroatoms. The van der Waals surface area contributed by atoms with E-state index >= 15 is 0 Å². The Kier molecular flexibility index (Phi) is 19.7. The van der Waals surface area contributed by atoms with Gasteiger partial charge in [-0.25, -0.2) is 0 Å². The van der Waals surface area contributed by atoms with Crippen molar-refractivity contribution in [3.05, 3.63) is 0 Å². The number of nitrogens with one attached hydrogen (secondary N) is 1. The van der Waals surface area contributed by atoms with Crippen LogP contribution in [0.4, 0.5) is 0 Å². The lowest BCUT2D eigenvalue weighted by molar-refractivity contribution is 0.411. The van der Waals surface area contributed by atoms with Gasteiger partial charge in [0.05, 0.1) is 0 Å². The molecule has 0 spiro atoms. The van der Waals surface area contributed by atoms with Crippen molar-refractivity contribution in [3.8, 4) is 0 Å². The summed E-state index contributed by atoms with van der Waals surface area (Å²) >= 11 is 0. The highest BCUT2D eigenvalue weighted by Gasteiger charge is 2.08. The minimum absolute atomic E-state index is 0.333. The SMILES string of the molecule is CC.CC.CCC(C)(C)NC. The molecule has 0 rings (SSSR count). The standard InChI is InChI=1S/C6H15N.2C2H6/c1-5-6(2,3)7-4;2*1-2/h7H,5H2,1-4H3;2*1-2H3. The third-order valence-electron chi connectivity index (χ3n) is 1.56. The van der Waals surface area contributed by atoms with Gasteiger partial charge in [0.15, 0.2) is 0 Å². The van der Waals surface area contributed by atoms with Crippen molar-refractivity contribution in [1.29, 1.82) is 0 Å². The van der Waals surface area contributed by atoms with E-state index in [-0.39, 0.29) is 0 Å². The van der Waals surface area contributed by atoms with Gasteiger partial charge in [-0.15, -0.1) is 0 Å². The first-order valence-corrected chi connectivity index (χ1v) is 4.81. The van der Waals surface area contributed by atoms with Gasteiger partial charge in [-0.3, -0.25) is 0 Å². The van der Waals surface area contributed by atoms with Gasteiger partial charge in [-0.2, -0.15) is 0 Å². The summed E-state index contributed by atoms with van der Waals surface area (Å²) in [4.78, 5) is 0. The van der Waals surface area contributed by atoms with E-state index in [0.717, 1.165) is 0 Å². The van der Waals surface area contributed by atoms with E-state index in [2.05, 4.69) is 26.1 Å². The van der Waals surface area contributed by atoms with E-state index in [0.29, 0.717) is 5.54 Å². The van der Waals surface area contributed by atoms with E-state index in [1.54, 1.807) is 0 Å². The van der Waals surface area contributed by atoms with E-state index in [1.807, 2.05) is 34.7 Å². The molecule has 0 atom stereocenters. The van der Waals surface area contributed by atoms with Crippen LogP contribution in [0.15, 0.2) is 0 Å². The fraction of sp³-hybridized carbons (Fsp3) is 1.00. The summed E-state index contributed by atoms with van der Waals surface area (Å²) in [5.74, 6) is 0. The lowest BCUT2D eigenvalue weighted by atomic mass is 10.0. The third kappa shape index (κ3) is 17.8. The largest absolute Gasteiger partial charge is 0.315 e. The Labute approximate surface area is 73.6 Å². The van der Waals surface area contributed by atoms with Crippen LogP contribution in [-0.2, 0) is 0 Å². The van der Waals surface area contributed by atoms with Gasteiger partial charge in [0, 0.05) is 5.54 Å². The molecular formula is C10H27N.